The highest BCUT2D eigenvalue weighted by Gasteiger charge is 2.20. The molecule has 0 aromatic carbocycles. The van der Waals surface area contributed by atoms with Crippen molar-refractivity contribution in [2.75, 3.05) is 6.54 Å². The zero-order valence-electron chi connectivity index (χ0n) is 10.2. The van der Waals surface area contributed by atoms with Crippen molar-refractivity contribution in [1.82, 2.24) is 15.5 Å². The molecule has 0 aliphatic heterocycles. The Bertz CT molecular complexity index is 372. The van der Waals surface area contributed by atoms with Gasteiger partial charge in [0.15, 0.2) is 0 Å². The van der Waals surface area contributed by atoms with Gasteiger partial charge in [0.25, 0.3) is 0 Å². The van der Waals surface area contributed by atoms with Crippen LogP contribution in [0.15, 0.2) is 0 Å². The van der Waals surface area contributed by atoms with E-state index in [1.165, 1.54) is 19.3 Å². The van der Waals surface area contributed by atoms with Gasteiger partial charge in [0, 0.05) is 18.9 Å². The summed E-state index contributed by atoms with van der Waals surface area (Å²) in [4.78, 5) is 11.8. The number of carbonyl (C=O) groups excluding carboxylic acids is 1. The second-order valence-electron chi connectivity index (χ2n) is 4.59. The normalized spacial score (nSPS) is 17.0. The Hall–Kier alpha value is -0.970. The fraction of sp³-hybridized carbons (Fsp3) is 0.750. The Morgan fingerprint density at radius 1 is 1.35 bits per heavy atom. The van der Waals surface area contributed by atoms with E-state index < -0.39 is 0 Å². The van der Waals surface area contributed by atoms with Gasteiger partial charge in [0.2, 0.25) is 5.91 Å². The summed E-state index contributed by atoms with van der Waals surface area (Å²) in [5, 5.41) is 13.0. The van der Waals surface area contributed by atoms with Gasteiger partial charge in [-0.15, -0.1) is 21.5 Å². The quantitative estimate of drug-likeness (QED) is 0.894. The van der Waals surface area contributed by atoms with Crippen molar-refractivity contribution >= 4 is 17.2 Å². The molecule has 0 atom stereocenters. The molecule has 1 aliphatic carbocycles. The zero-order chi connectivity index (χ0) is 12.1. The summed E-state index contributed by atoms with van der Waals surface area (Å²) in [5.41, 5.74) is 0. The number of hydrogen-bond donors (Lipinski definition) is 1. The van der Waals surface area contributed by atoms with Crippen molar-refractivity contribution in [1.29, 1.82) is 0 Å². The van der Waals surface area contributed by atoms with Crippen LogP contribution in [0.1, 0.15) is 42.1 Å². The van der Waals surface area contributed by atoms with Crippen LogP contribution in [0.4, 0.5) is 0 Å². The third kappa shape index (κ3) is 3.77. The number of nitrogens with one attached hydrogen (secondary N) is 1. The van der Waals surface area contributed by atoms with Crippen LogP contribution in [0.25, 0.3) is 0 Å². The molecule has 17 heavy (non-hydrogen) atoms. The molecule has 4 nitrogen and oxygen atoms in total. The topological polar surface area (TPSA) is 54.9 Å². The molecule has 0 saturated heterocycles. The predicted octanol–water partition coefficient (Wildman–Crippen LogP) is 2.09. The summed E-state index contributed by atoms with van der Waals surface area (Å²) in [6.07, 6.45) is 6.60. The molecule has 0 bridgehead atoms. The van der Waals surface area contributed by atoms with Gasteiger partial charge in [-0.2, -0.15) is 0 Å². The van der Waals surface area contributed by atoms with Crippen molar-refractivity contribution in [2.24, 2.45) is 5.92 Å². The first-order valence-electron chi connectivity index (χ1n) is 6.32. The van der Waals surface area contributed by atoms with E-state index in [-0.39, 0.29) is 11.8 Å². The van der Waals surface area contributed by atoms with Gasteiger partial charge in [-0.1, -0.05) is 19.3 Å². The maximum Gasteiger partial charge on any atom is 0.223 e. The van der Waals surface area contributed by atoms with Crippen LogP contribution in [-0.2, 0) is 11.2 Å². The van der Waals surface area contributed by atoms with Gasteiger partial charge in [-0.05, 0) is 19.8 Å². The summed E-state index contributed by atoms with van der Waals surface area (Å²) >= 11 is 1.60. The average Bonchev–Trinajstić information content (AvgIpc) is 2.76. The average molecular weight is 253 g/mol. The van der Waals surface area contributed by atoms with Crippen LogP contribution in [0.2, 0.25) is 0 Å². The molecular formula is C12H19N3OS. The maximum atomic E-state index is 11.8. The molecular weight excluding hydrogens is 234 g/mol. The minimum absolute atomic E-state index is 0.228. The Morgan fingerprint density at radius 3 is 2.76 bits per heavy atom. The molecule has 1 saturated carbocycles. The lowest BCUT2D eigenvalue weighted by atomic mass is 9.89. The lowest BCUT2D eigenvalue weighted by Crippen LogP contribution is -2.33. The number of rotatable bonds is 4. The third-order valence-electron chi connectivity index (χ3n) is 3.18. The Morgan fingerprint density at radius 2 is 2.12 bits per heavy atom. The van der Waals surface area contributed by atoms with Crippen LogP contribution in [0.5, 0.6) is 0 Å². The van der Waals surface area contributed by atoms with Crippen LogP contribution in [-0.4, -0.2) is 22.6 Å². The smallest absolute Gasteiger partial charge is 0.223 e. The van der Waals surface area contributed by atoms with Gasteiger partial charge in [-0.25, -0.2) is 0 Å². The standard InChI is InChI=1S/C12H19N3OS/c1-9-14-15-11(17-9)7-8-13-12(16)10-5-3-2-4-6-10/h10H,2-8H2,1H3,(H,13,16). The van der Waals surface area contributed by atoms with Crippen LogP contribution in [0.3, 0.4) is 0 Å². The number of carbonyl (C=O) groups is 1. The van der Waals surface area contributed by atoms with E-state index in [2.05, 4.69) is 15.5 Å². The second-order valence-corrected chi connectivity index (χ2v) is 5.86. The predicted molar refractivity (Wildman–Crippen MR) is 67.9 cm³/mol. The van der Waals surface area contributed by atoms with E-state index in [0.29, 0.717) is 6.54 Å². The van der Waals surface area contributed by atoms with Crippen LogP contribution in [0, 0.1) is 12.8 Å². The van der Waals surface area contributed by atoms with Crippen molar-refractivity contribution in [3.63, 3.8) is 0 Å². The monoisotopic (exact) mass is 253 g/mol. The summed E-state index contributed by atoms with van der Waals surface area (Å²) < 4.78 is 0. The minimum atomic E-state index is 0.228. The van der Waals surface area contributed by atoms with Gasteiger partial charge in [0.05, 0.1) is 0 Å². The summed E-state index contributed by atoms with van der Waals surface area (Å²) in [6.45, 7) is 2.63. The minimum Gasteiger partial charge on any atom is -0.355 e. The molecule has 1 N–H and O–H groups in total. The fourth-order valence-corrected chi connectivity index (χ4v) is 2.95. The van der Waals surface area contributed by atoms with Gasteiger partial charge in [-0.3, -0.25) is 4.79 Å². The SMILES string of the molecule is Cc1nnc(CCNC(=O)C2CCCCC2)s1. The van der Waals surface area contributed by atoms with Crippen molar-refractivity contribution in [3.8, 4) is 0 Å². The van der Waals surface area contributed by atoms with Crippen molar-refractivity contribution < 1.29 is 4.79 Å². The highest BCUT2D eigenvalue weighted by molar-refractivity contribution is 7.11. The molecule has 1 aromatic heterocycles. The number of amides is 1. The molecule has 0 radical (unpaired) electrons. The Labute approximate surface area is 106 Å². The Kier molecular flexibility index (Phi) is 4.48. The van der Waals surface area contributed by atoms with E-state index in [4.69, 9.17) is 0 Å². The third-order valence-corrected chi connectivity index (χ3v) is 4.08. The van der Waals surface area contributed by atoms with E-state index in [9.17, 15) is 4.79 Å². The number of hydrogen-bond acceptors (Lipinski definition) is 4. The lowest BCUT2D eigenvalue weighted by molar-refractivity contribution is -0.125. The van der Waals surface area contributed by atoms with Gasteiger partial charge >= 0.3 is 0 Å². The maximum absolute atomic E-state index is 11.8. The molecule has 1 fully saturated rings. The highest BCUT2D eigenvalue weighted by Crippen LogP contribution is 2.23. The van der Waals surface area contributed by atoms with E-state index >= 15 is 0 Å². The summed E-state index contributed by atoms with van der Waals surface area (Å²) in [7, 11) is 0. The number of aromatic nitrogens is 2. The van der Waals surface area contributed by atoms with Gasteiger partial charge in [0.1, 0.15) is 10.0 Å². The highest BCUT2D eigenvalue weighted by atomic mass is 32.1. The lowest BCUT2D eigenvalue weighted by Gasteiger charge is -2.20. The Balaban J connectivity index is 1.69. The molecule has 2 rings (SSSR count). The molecule has 1 aliphatic rings. The molecule has 1 amide bonds. The number of nitrogens with zero attached hydrogens (tertiary/aromatic N) is 2. The largest absolute Gasteiger partial charge is 0.355 e. The molecule has 0 spiro atoms. The first-order chi connectivity index (χ1) is 8.25. The van der Waals surface area contributed by atoms with Crippen molar-refractivity contribution in [2.45, 2.75) is 45.4 Å². The van der Waals surface area contributed by atoms with Crippen molar-refractivity contribution in [3.05, 3.63) is 10.0 Å². The molecule has 1 aromatic rings. The molecule has 5 heteroatoms. The number of aryl methyl sites for hydroxylation is 1. The van der Waals surface area contributed by atoms with E-state index in [1.54, 1.807) is 11.3 Å². The summed E-state index contributed by atoms with van der Waals surface area (Å²) in [6, 6.07) is 0. The van der Waals surface area contributed by atoms with Gasteiger partial charge < -0.3 is 5.32 Å². The molecule has 94 valence electrons. The van der Waals surface area contributed by atoms with Crippen LogP contribution < -0.4 is 5.32 Å². The second kappa shape index (κ2) is 6.10. The zero-order valence-corrected chi connectivity index (χ0v) is 11.1. The molecule has 1 heterocycles. The van der Waals surface area contributed by atoms with Crippen LogP contribution >= 0.6 is 11.3 Å². The fourth-order valence-electron chi connectivity index (χ4n) is 2.24. The van der Waals surface area contributed by atoms with E-state index in [0.717, 1.165) is 29.3 Å². The summed E-state index contributed by atoms with van der Waals surface area (Å²) in [5.74, 6) is 0.478. The van der Waals surface area contributed by atoms with E-state index in [1.807, 2.05) is 6.92 Å². The first-order valence-corrected chi connectivity index (χ1v) is 7.14. The molecule has 0 unspecified atom stereocenters. The first kappa shape index (κ1) is 12.5.